The lowest BCUT2D eigenvalue weighted by Gasteiger charge is -2.15. The molecule has 0 atom stereocenters. The van der Waals surface area contributed by atoms with Crippen molar-refractivity contribution in [3.05, 3.63) is 41.1 Å². The highest BCUT2D eigenvalue weighted by molar-refractivity contribution is 6.26. The quantitative estimate of drug-likeness (QED) is 0.521. The lowest BCUT2D eigenvalue weighted by atomic mass is 9.91. The molecular weight excluding hydrogens is 178 g/mol. The molecule has 0 spiro atoms. The predicted molar refractivity (Wildman–Crippen MR) is 54.3 cm³/mol. The van der Waals surface area contributed by atoms with Gasteiger partial charge in [0.05, 0.1) is 11.4 Å². The summed E-state index contributed by atoms with van der Waals surface area (Å²) < 4.78 is 0. The third-order valence-electron chi connectivity index (χ3n) is 2.17. The molecule has 4 nitrogen and oxygen atoms in total. The first-order valence-electron chi connectivity index (χ1n) is 4.10. The number of nitrogens with two attached hydrogens (primary N) is 2. The summed E-state index contributed by atoms with van der Waals surface area (Å²) in [5.74, 6) is -0.261. The van der Waals surface area contributed by atoms with Gasteiger partial charge in [-0.05, 0) is 12.1 Å². The van der Waals surface area contributed by atoms with Crippen molar-refractivity contribution in [3.63, 3.8) is 0 Å². The summed E-state index contributed by atoms with van der Waals surface area (Å²) in [6, 6.07) is 4.97. The Morgan fingerprint density at radius 1 is 1.21 bits per heavy atom. The molecule has 0 saturated carbocycles. The van der Waals surface area contributed by atoms with Crippen LogP contribution in [-0.4, -0.2) is 11.5 Å². The Morgan fingerprint density at radius 2 is 1.93 bits per heavy atom. The third-order valence-corrected chi connectivity index (χ3v) is 2.17. The standard InChI is InChI=1S/C10H9N3O/c11-6-3-1-2-5-9(6)7(12)4-8(13)10(5)14/h1-4,12H,11,13H2. The van der Waals surface area contributed by atoms with E-state index in [1.165, 1.54) is 6.08 Å². The van der Waals surface area contributed by atoms with Gasteiger partial charge in [-0.1, -0.05) is 12.1 Å². The Kier molecular flexibility index (Phi) is 1.64. The number of nitrogen functional groups attached to an aromatic ring is 1. The number of allylic oxidation sites excluding steroid dienone is 2. The number of Topliss-reactive ketones (excluding diaryl/α,β-unsaturated/α-hetero) is 1. The molecule has 70 valence electrons. The molecule has 1 aliphatic carbocycles. The number of benzene rings is 1. The van der Waals surface area contributed by atoms with Crippen molar-refractivity contribution >= 4 is 17.2 Å². The first-order valence-corrected chi connectivity index (χ1v) is 4.10. The van der Waals surface area contributed by atoms with Crippen LogP contribution in [0.4, 0.5) is 5.69 Å². The Balaban J connectivity index is 2.75. The van der Waals surface area contributed by atoms with Gasteiger partial charge in [-0.2, -0.15) is 0 Å². The maximum atomic E-state index is 11.6. The number of fused-ring (bicyclic) bond motifs is 1. The van der Waals surface area contributed by atoms with Crippen LogP contribution in [0, 0.1) is 5.41 Å². The van der Waals surface area contributed by atoms with Crippen LogP contribution in [-0.2, 0) is 0 Å². The van der Waals surface area contributed by atoms with E-state index < -0.39 is 0 Å². The summed E-state index contributed by atoms with van der Waals surface area (Å²) in [7, 11) is 0. The van der Waals surface area contributed by atoms with E-state index in [0.717, 1.165) is 0 Å². The van der Waals surface area contributed by atoms with Crippen LogP contribution in [0.5, 0.6) is 0 Å². The number of anilines is 1. The zero-order valence-corrected chi connectivity index (χ0v) is 7.37. The van der Waals surface area contributed by atoms with Gasteiger partial charge < -0.3 is 16.9 Å². The monoisotopic (exact) mass is 187 g/mol. The minimum Gasteiger partial charge on any atom is -0.398 e. The van der Waals surface area contributed by atoms with Crippen LogP contribution >= 0.6 is 0 Å². The zero-order valence-electron chi connectivity index (χ0n) is 7.37. The number of carbonyl (C=O) groups is 1. The molecule has 0 unspecified atom stereocenters. The fourth-order valence-electron chi connectivity index (χ4n) is 1.51. The number of hydrogen-bond acceptors (Lipinski definition) is 4. The molecule has 2 rings (SSSR count). The van der Waals surface area contributed by atoms with Crippen LogP contribution in [0.1, 0.15) is 15.9 Å². The van der Waals surface area contributed by atoms with Crippen molar-refractivity contribution in [2.24, 2.45) is 5.73 Å². The number of ketones is 1. The van der Waals surface area contributed by atoms with Gasteiger partial charge in [-0.15, -0.1) is 0 Å². The van der Waals surface area contributed by atoms with Gasteiger partial charge in [0, 0.05) is 16.8 Å². The first-order chi connectivity index (χ1) is 6.61. The van der Waals surface area contributed by atoms with Crippen molar-refractivity contribution in [2.75, 3.05) is 5.73 Å². The van der Waals surface area contributed by atoms with Crippen molar-refractivity contribution in [2.45, 2.75) is 0 Å². The summed E-state index contributed by atoms with van der Waals surface area (Å²) in [6.45, 7) is 0. The normalized spacial score (nSPS) is 15.0. The minimum atomic E-state index is -0.261. The number of nitrogens with one attached hydrogen (secondary N) is 1. The number of rotatable bonds is 0. The molecule has 0 heterocycles. The Morgan fingerprint density at radius 3 is 2.64 bits per heavy atom. The summed E-state index contributed by atoms with van der Waals surface area (Å²) in [5.41, 5.74) is 12.7. The fourth-order valence-corrected chi connectivity index (χ4v) is 1.51. The highest BCUT2D eigenvalue weighted by Crippen LogP contribution is 2.23. The van der Waals surface area contributed by atoms with Crippen molar-refractivity contribution in [3.8, 4) is 0 Å². The van der Waals surface area contributed by atoms with Crippen molar-refractivity contribution < 1.29 is 4.79 Å². The third kappa shape index (κ3) is 1.01. The first kappa shape index (κ1) is 8.50. The molecule has 14 heavy (non-hydrogen) atoms. The Labute approximate surface area is 80.7 Å². The molecule has 4 heteroatoms. The van der Waals surface area contributed by atoms with Crippen LogP contribution in [0.15, 0.2) is 30.0 Å². The molecular formula is C10H9N3O. The zero-order chi connectivity index (χ0) is 10.3. The van der Waals surface area contributed by atoms with E-state index in [0.29, 0.717) is 16.8 Å². The SMILES string of the molecule is N=C1C=C(N)C(=O)c2cccc(N)c21. The molecule has 0 aliphatic heterocycles. The second kappa shape index (κ2) is 2.70. The van der Waals surface area contributed by atoms with Gasteiger partial charge in [0.2, 0.25) is 5.78 Å². The lowest BCUT2D eigenvalue weighted by molar-refractivity contribution is 0.103. The van der Waals surface area contributed by atoms with Gasteiger partial charge in [0.15, 0.2) is 0 Å². The molecule has 1 aromatic carbocycles. The van der Waals surface area contributed by atoms with E-state index in [1.807, 2.05) is 0 Å². The average Bonchev–Trinajstić information content (AvgIpc) is 2.14. The van der Waals surface area contributed by atoms with Gasteiger partial charge in [-0.25, -0.2) is 0 Å². The van der Waals surface area contributed by atoms with Crippen molar-refractivity contribution in [1.29, 1.82) is 5.41 Å². The molecule has 1 aliphatic rings. The van der Waals surface area contributed by atoms with E-state index in [2.05, 4.69) is 0 Å². The molecule has 5 N–H and O–H groups in total. The second-order valence-corrected chi connectivity index (χ2v) is 3.11. The van der Waals surface area contributed by atoms with Crippen LogP contribution in [0.3, 0.4) is 0 Å². The Bertz CT molecular complexity index is 474. The smallest absolute Gasteiger partial charge is 0.209 e. The molecule has 0 fully saturated rings. The predicted octanol–water partition coefficient (Wildman–Crippen LogP) is 0.676. The molecule has 0 bridgehead atoms. The highest BCUT2D eigenvalue weighted by atomic mass is 16.1. The number of carbonyl (C=O) groups excluding carboxylic acids is 1. The second-order valence-electron chi connectivity index (χ2n) is 3.11. The fraction of sp³-hybridized carbons (Fsp3) is 0. The summed E-state index contributed by atoms with van der Waals surface area (Å²) in [6.07, 6.45) is 1.33. The largest absolute Gasteiger partial charge is 0.398 e. The molecule has 0 saturated heterocycles. The summed E-state index contributed by atoms with van der Waals surface area (Å²) in [4.78, 5) is 11.6. The van der Waals surface area contributed by atoms with E-state index in [4.69, 9.17) is 16.9 Å². The van der Waals surface area contributed by atoms with Gasteiger partial charge in [-0.3, -0.25) is 4.79 Å². The van der Waals surface area contributed by atoms with Crippen LogP contribution in [0.2, 0.25) is 0 Å². The van der Waals surface area contributed by atoms with E-state index >= 15 is 0 Å². The molecule has 0 amide bonds. The topological polar surface area (TPSA) is 93.0 Å². The van der Waals surface area contributed by atoms with Crippen molar-refractivity contribution in [1.82, 2.24) is 0 Å². The Hall–Kier alpha value is -2.10. The van der Waals surface area contributed by atoms with Gasteiger partial charge >= 0.3 is 0 Å². The van der Waals surface area contributed by atoms with Gasteiger partial charge in [0.1, 0.15) is 0 Å². The lowest BCUT2D eigenvalue weighted by Crippen LogP contribution is -2.22. The minimum absolute atomic E-state index is 0.0908. The maximum absolute atomic E-state index is 11.6. The van der Waals surface area contributed by atoms with Crippen LogP contribution < -0.4 is 11.5 Å². The van der Waals surface area contributed by atoms with Crippen LogP contribution in [0.25, 0.3) is 0 Å². The molecule has 0 aromatic heterocycles. The van der Waals surface area contributed by atoms with E-state index in [1.54, 1.807) is 18.2 Å². The number of hydrogen-bond donors (Lipinski definition) is 3. The van der Waals surface area contributed by atoms with Gasteiger partial charge in [0.25, 0.3) is 0 Å². The van der Waals surface area contributed by atoms with E-state index in [-0.39, 0.29) is 17.2 Å². The molecule has 1 aromatic rings. The summed E-state index contributed by atoms with van der Waals surface area (Å²) in [5, 5.41) is 7.64. The maximum Gasteiger partial charge on any atom is 0.209 e. The van der Waals surface area contributed by atoms with E-state index in [9.17, 15) is 4.79 Å². The summed E-state index contributed by atoms with van der Waals surface area (Å²) >= 11 is 0. The molecule has 0 radical (unpaired) electrons. The highest BCUT2D eigenvalue weighted by Gasteiger charge is 2.22. The average molecular weight is 187 g/mol.